The van der Waals surface area contributed by atoms with Crippen LogP contribution in [0, 0.1) is 16.0 Å². The van der Waals surface area contributed by atoms with E-state index in [1.54, 1.807) is 12.1 Å². The summed E-state index contributed by atoms with van der Waals surface area (Å²) in [6.45, 7) is 1.52. The van der Waals surface area contributed by atoms with Gasteiger partial charge < -0.3 is 19.7 Å². The molecule has 3 rings (SSSR count). The molecule has 1 atom stereocenters. The van der Waals surface area contributed by atoms with Crippen LogP contribution in [0.15, 0.2) is 42.5 Å². The lowest BCUT2D eigenvalue weighted by molar-refractivity contribution is -0.384. The molecule has 0 bridgehead atoms. The minimum absolute atomic E-state index is 0.0200. The topological polar surface area (TPSA) is 128 Å². The number of benzene rings is 2. The Hall–Kier alpha value is -3.95. The van der Waals surface area contributed by atoms with Crippen LogP contribution in [0.25, 0.3) is 0 Å². The van der Waals surface area contributed by atoms with Crippen molar-refractivity contribution >= 4 is 34.8 Å². The van der Waals surface area contributed by atoms with Gasteiger partial charge in [-0.3, -0.25) is 24.5 Å². The summed E-state index contributed by atoms with van der Waals surface area (Å²) in [5, 5.41) is 13.7. The van der Waals surface area contributed by atoms with Crippen molar-refractivity contribution < 1.29 is 28.8 Å². The van der Waals surface area contributed by atoms with Crippen LogP contribution in [-0.2, 0) is 25.5 Å². The van der Waals surface area contributed by atoms with Gasteiger partial charge in [0.05, 0.1) is 29.7 Å². The van der Waals surface area contributed by atoms with Gasteiger partial charge in [-0.05, 0) is 24.1 Å². The first kappa shape index (κ1) is 22.7. The van der Waals surface area contributed by atoms with E-state index in [0.717, 1.165) is 12.0 Å². The van der Waals surface area contributed by atoms with E-state index in [1.165, 1.54) is 30.2 Å². The highest BCUT2D eigenvalue weighted by Crippen LogP contribution is 2.36. The van der Waals surface area contributed by atoms with Crippen molar-refractivity contribution in [3.05, 3.63) is 58.1 Å². The molecule has 1 aliphatic heterocycles. The lowest BCUT2D eigenvalue weighted by Crippen LogP contribution is -2.28. The number of carbonyl (C=O) groups is 3. The lowest BCUT2D eigenvalue weighted by atomic mass is 10.1. The number of anilines is 2. The molecule has 32 heavy (non-hydrogen) atoms. The van der Waals surface area contributed by atoms with E-state index in [2.05, 4.69) is 5.32 Å². The second kappa shape index (κ2) is 9.90. The highest BCUT2D eigenvalue weighted by atomic mass is 16.6. The summed E-state index contributed by atoms with van der Waals surface area (Å²) >= 11 is 0. The maximum absolute atomic E-state index is 12.5. The van der Waals surface area contributed by atoms with Crippen LogP contribution in [0.2, 0.25) is 0 Å². The van der Waals surface area contributed by atoms with Gasteiger partial charge in [0.2, 0.25) is 5.91 Å². The van der Waals surface area contributed by atoms with Crippen LogP contribution in [0.4, 0.5) is 17.1 Å². The molecule has 1 N–H and O–H groups in total. The molecular weight excluding hydrogens is 418 g/mol. The summed E-state index contributed by atoms with van der Waals surface area (Å²) in [5.41, 5.74) is 1.76. The van der Waals surface area contributed by atoms with Crippen molar-refractivity contribution in [1.82, 2.24) is 0 Å². The summed E-state index contributed by atoms with van der Waals surface area (Å²) < 4.78 is 10.3. The summed E-state index contributed by atoms with van der Waals surface area (Å²) in [6, 6.07) is 11.2. The molecular formula is C22H23N3O7. The number of nitro benzene ring substituents is 1. The third-order valence-corrected chi connectivity index (χ3v) is 5.14. The molecule has 1 fully saturated rings. The Kier molecular flexibility index (Phi) is 7.04. The summed E-state index contributed by atoms with van der Waals surface area (Å²) in [7, 11) is 1.34. The third-order valence-electron chi connectivity index (χ3n) is 5.14. The van der Waals surface area contributed by atoms with Gasteiger partial charge >= 0.3 is 5.97 Å². The normalized spacial score (nSPS) is 15.4. The standard InChI is InChI=1S/C22H23N3O7/c1-3-14-6-4-5-7-17(14)23-20(26)13-32-22(28)15-10-21(27)24(12-15)18-9-8-16(25(29)30)11-19(18)31-2/h4-9,11,15H,3,10,12-13H2,1-2H3,(H,23,26)/t15-/m1/s1. The number of hydrogen-bond donors (Lipinski definition) is 1. The minimum atomic E-state index is -0.766. The van der Waals surface area contributed by atoms with E-state index < -0.39 is 29.3 Å². The van der Waals surface area contributed by atoms with Crippen LogP contribution in [0.3, 0.4) is 0 Å². The number of rotatable bonds is 8. The van der Waals surface area contributed by atoms with E-state index in [-0.39, 0.29) is 30.3 Å². The minimum Gasteiger partial charge on any atom is -0.494 e. The number of ether oxygens (including phenoxy) is 2. The molecule has 10 nitrogen and oxygen atoms in total. The molecule has 0 spiro atoms. The van der Waals surface area contributed by atoms with Gasteiger partial charge in [-0.25, -0.2) is 0 Å². The van der Waals surface area contributed by atoms with Crippen molar-refractivity contribution in [2.45, 2.75) is 19.8 Å². The zero-order chi connectivity index (χ0) is 23.3. The number of nitrogens with zero attached hydrogens (tertiary/aromatic N) is 2. The number of para-hydroxylation sites is 1. The second-order valence-corrected chi connectivity index (χ2v) is 7.19. The van der Waals surface area contributed by atoms with E-state index in [9.17, 15) is 24.5 Å². The number of carbonyl (C=O) groups excluding carboxylic acids is 3. The van der Waals surface area contributed by atoms with Crippen molar-refractivity contribution in [3.63, 3.8) is 0 Å². The van der Waals surface area contributed by atoms with Gasteiger partial charge in [-0.1, -0.05) is 25.1 Å². The molecule has 0 aliphatic carbocycles. The molecule has 0 unspecified atom stereocenters. The Morgan fingerprint density at radius 3 is 2.69 bits per heavy atom. The number of amides is 2. The number of nitrogens with one attached hydrogen (secondary N) is 1. The fourth-order valence-electron chi connectivity index (χ4n) is 3.49. The first-order valence-electron chi connectivity index (χ1n) is 10.0. The molecule has 10 heteroatoms. The fraction of sp³-hybridized carbons (Fsp3) is 0.318. The second-order valence-electron chi connectivity index (χ2n) is 7.19. The Bertz CT molecular complexity index is 1050. The quantitative estimate of drug-likeness (QED) is 0.379. The predicted octanol–water partition coefficient (Wildman–Crippen LogP) is 2.70. The van der Waals surface area contributed by atoms with Crippen molar-refractivity contribution in [2.75, 3.05) is 30.5 Å². The van der Waals surface area contributed by atoms with Crippen molar-refractivity contribution in [3.8, 4) is 5.75 Å². The van der Waals surface area contributed by atoms with Gasteiger partial charge in [0.25, 0.3) is 11.6 Å². The fourth-order valence-corrected chi connectivity index (χ4v) is 3.49. The summed E-state index contributed by atoms with van der Waals surface area (Å²) in [5.74, 6) is -2.10. The molecule has 168 valence electrons. The van der Waals surface area contributed by atoms with Crippen LogP contribution >= 0.6 is 0 Å². The van der Waals surface area contributed by atoms with E-state index in [1.807, 2.05) is 19.1 Å². The molecule has 2 aromatic carbocycles. The van der Waals surface area contributed by atoms with Crippen LogP contribution < -0.4 is 15.0 Å². The number of methoxy groups -OCH3 is 1. The molecule has 0 saturated carbocycles. The SMILES string of the molecule is CCc1ccccc1NC(=O)COC(=O)[C@@H]1CC(=O)N(c2ccc([N+](=O)[O-])cc2OC)C1. The van der Waals surface area contributed by atoms with E-state index in [4.69, 9.17) is 9.47 Å². The largest absolute Gasteiger partial charge is 0.494 e. The number of esters is 1. The van der Waals surface area contributed by atoms with Crippen molar-refractivity contribution in [2.24, 2.45) is 5.92 Å². The van der Waals surface area contributed by atoms with Crippen LogP contribution in [-0.4, -0.2) is 43.0 Å². The van der Waals surface area contributed by atoms with Crippen molar-refractivity contribution in [1.29, 1.82) is 0 Å². The Labute approximate surface area is 184 Å². The third kappa shape index (κ3) is 5.02. The molecule has 1 saturated heterocycles. The average molecular weight is 441 g/mol. The average Bonchev–Trinajstić information content (AvgIpc) is 3.18. The number of hydrogen-bond acceptors (Lipinski definition) is 7. The van der Waals surface area contributed by atoms with Gasteiger partial charge in [-0.15, -0.1) is 0 Å². The summed E-state index contributed by atoms with van der Waals surface area (Å²) in [4.78, 5) is 48.8. The Morgan fingerprint density at radius 2 is 2.00 bits per heavy atom. The van der Waals surface area contributed by atoms with Gasteiger partial charge in [-0.2, -0.15) is 0 Å². The Balaban J connectivity index is 1.60. The van der Waals surface area contributed by atoms with Gasteiger partial charge in [0, 0.05) is 24.7 Å². The van der Waals surface area contributed by atoms with E-state index >= 15 is 0 Å². The smallest absolute Gasteiger partial charge is 0.311 e. The number of aryl methyl sites for hydroxylation is 1. The van der Waals surface area contributed by atoms with Gasteiger partial charge in [0.15, 0.2) is 6.61 Å². The zero-order valence-corrected chi connectivity index (χ0v) is 17.7. The van der Waals surface area contributed by atoms with Crippen LogP contribution in [0.1, 0.15) is 18.9 Å². The molecule has 2 aromatic rings. The molecule has 0 aromatic heterocycles. The lowest BCUT2D eigenvalue weighted by Gasteiger charge is -2.19. The Morgan fingerprint density at radius 1 is 1.25 bits per heavy atom. The molecule has 2 amide bonds. The maximum Gasteiger partial charge on any atom is 0.311 e. The maximum atomic E-state index is 12.5. The summed E-state index contributed by atoms with van der Waals surface area (Å²) in [6.07, 6.45) is 0.641. The number of non-ortho nitro benzene ring substituents is 1. The molecule has 1 heterocycles. The van der Waals surface area contributed by atoms with E-state index in [0.29, 0.717) is 11.4 Å². The van der Waals surface area contributed by atoms with Crippen LogP contribution in [0.5, 0.6) is 5.75 Å². The zero-order valence-electron chi connectivity index (χ0n) is 17.7. The first-order chi connectivity index (χ1) is 15.3. The highest BCUT2D eigenvalue weighted by molar-refractivity contribution is 6.01. The molecule has 1 aliphatic rings. The number of nitro groups is 1. The first-order valence-corrected chi connectivity index (χ1v) is 10.0. The van der Waals surface area contributed by atoms with Gasteiger partial charge in [0.1, 0.15) is 5.75 Å². The predicted molar refractivity (Wildman–Crippen MR) is 116 cm³/mol. The molecule has 0 radical (unpaired) electrons. The monoisotopic (exact) mass is 441 g/mol. The highest BCUT2D eigenvalue weighted by Gasteiger charge is 2.37.